The van der Waals surface area contributed by atoms with Gasteiger partial charge in [-0.1, -0.05) is 0 Å². The van der Waals surface area contributed by atoms with Crippen LogP contribution in [0.4, 0.5) is 10.1 Å². The maximum absolute atomic E-state index is 14.1. The molecule has 2 aliphatic heterocycles. The van der Waals surface area contributed by atoms with Gasteiger partial charge in [-0.15, -0.1) is 11.8 Å². The summed E-state index contributed by atoms with van der Waals surface area (Å²) in [6.45, 7) is 3.26. The van der Waals surface area contributed by atoms with E-state index in [2.05, 4.69) is 10.3 Å². The first-order valence-corrected chi connectivity index (χ1v) is 7.50. The summed E-state index contributed by atoms with van der Waals surface area (Å²) < 4.78 is 13.9. The SMILES string of the molecule is C[C@@]1(c2cc([N+](=O)[O-])ccc2F)CSC2(CNC2)C(N)=N1. The molecule has 2 heterocycles. The van der Waals surface area contributed by atoms with Gasteiger partial charge in [-0.25, -0.2) is 4.39 Å². The molecule has 3 N–H and O–H groups in total. The van der Waals surface area contributed by atoms with Crippen molar-refractivity contribution in [3.05, 3.63) is 39.7 Å². The van der Waals surface area contributed by atoms with Gasteiger partial charge >= 0.3 is 0 Å². The van der Waals surface area contributed by atoms with E-state index in [-0.39, 0.29) is 16.0 Å². The molecule has 0 unspecified atom stereocenters. The molecular formula is C13H15FN4O2S. The molecule has 1 fully saturated rings. The zero-order valence-electron chi connectivity index (χ0n) is 11.4. The number of hydrogen-bond acceptors (Lipinski definition) is 6. The Labute approximate surface area is 125 Å². The van der Waals surface area contributed by atoms with Crippen LogP contribution in [0.3, 0.4) is 0 Å². The summed E-state index contributed by atoms with van der Waals surface area (Å²) in [7, 11) is 0. The fraction of sp³-hybridized carbons (Fsp3) is 0.462. The maximum Gasteiger partial charge on any atom is 0.270 e. The second-order valence-electron chi connectivity index (χ2n) is 5.58. The summed E-state index contributed by atoms with van der Waals surface area (Å²) in [4.78, 5) is 14.8. The number of non-ortho nitro benzene ring substituents is 1. The lowest BCUT2D eigenvalue weighted by molar-refractivity contribution is -0.385. The molecule has 0 radical (unpaired) electrons. The van der Waals surface area contributed by atoms with Crippen molar-refractivity contribution in [2.45, 2.75) is 17.2 Å². The summed E-state index contributed by atoms with van der Waals surface area (Å²) in [5.74, 6) is 0.516. The van der Waals surface area contributed by atoms with Crippen LogP contribution >= 0.6 is 11.8 Å². The average Bonchev–Trinajstić information content (AvgIpc) is 2.37. The van der Waals surface area contributed by atoms with Crippen LogP contribution in [0.5, 0.6) is 0 Å². The number of aliphatic imine (C=N–C) groups is 1. The number of thioether (sulfide) groups is 1. The molecule has 1 saturated heterocycles. The van der Waals surface area contributed by atoms with Crippen LogP contribution in [-0.4, -0.2) is 34.3 Å². The van der Waals surface area contributed by atoms with Crippen molar-refractivity contribution in [3.8, 4) is 0 Å². The van der Waals surface area contributed by atoms with E-state index in [9.17, 15) is 14.5 Å². The zero-order chi connectivity index (χ0) is 15.3. The highest BCUT2D eigenvalue weighted by atomic mass is 32.2. The van der Waals surface area contributed by atoms with Crippen molar-refractivity contribution in [3.63, 3.8) is 0 Å². The fourth-order valence-electron chi connectivity index (χ4n) is 2.57. The lowest BCUT2D eigenvalue weighted by Crippen LogP contribution is -2.66. The molecule has 3 rings (SSSR count). The number of benzene rings is 1. The minimum Gasteiger partial charge on any atom is -0.386 e. The van der Waals surface area contributed by atoms with E-state index in [1.54, 1.807) is 18.7 Å². The van der Waals surface area contributed by atoms with E-state index in [0.717, 1.165) is 25.2 Å². The Morgan fingerprint density at radius 2 is 2.24 bits per heavy atom. The van der Waals surface area contributed by atoms with Gasteiger partial charge in [0.1, 0.15) is 11.7 Å². The Hall–Kier alpha value is -1.67. The molecule has 0 aliphatic carbocycles. The topological polar surface area (TPSA) is 93.5 Å². The van der Waals surface area contributed by atoms with E-state index < -0.39 is 16.3 Å². The molecule has 21 heavy (non-hydrogen) atoms. The summed E-state index contributed by atoms with van der Waals surface area (Å²) in [5.41, 5.74) is 5.26. The predicted octanol–water partition coefficient (Wildman–Crippen LogP) is 1.40. The molecule has 0 bridgehead atoms. The first kappa shape index (κ1) is 14.3. The standard InChI is InChI=1S/C13H15FN4O2S/c1-12(7-21-13(5-16-6-13)11(15)17-12)9-4-8(18(19)20)2-3-10(9)14/h2-4,16H,5-7H2,1H3,(H2,15,17)/t12-/m0/s1. The molecule has 1 aromatic rings. The van der Waals surface area contributed by atoms with Gasteiger partial charge in [0.15, 0.2) is 0 Å². The third-order valence-electron chi connectivity index (χ3n) is 4.03. The van der Waals surface area contributed by atoms with Crippen LogP contribution in [0.15, 0.2) is 23.2 Å². The lowest BCUT2D eigenvalue weighted by Gasteiger charge is -2.47. The predicted molar refractivity (Wildman–Crippen MR) is 80.1 cm³/mol. The zero-order valence-corrected chi connectivity index (χ0v) is 12.2. The van der Waals surface area contributed by atoms with Crippen molar-refractivity contribution in [2.24, 2.45) is 10.7 Å². The highest BCUT2D eigenvalue weighted by Crippen LogP contribution is 2.43. The normalized spacial score (nSPS) is 27.0. The molecule has 1 aromatic carbocycles. The van der Waals surface area contributed by atoms with Crippen LogP contribution in [0, 0.1) is 15.9 Å². The smallest absolute Gasteiger partial charge is 0.270 e. The van der Waals surface area contributed by atoms with Gasteiger partial charge in [0.05, 0.1) is 15.2 Å². The van der Waals surface area contributed by atoms with Gasteiger partial charge in [0, 0.05) is 36.5 Å². The largest absolute Gasteiger partial charge is 0.386 e. The number of hydrogen-bond donors (Lipinski definition) is 2. The van der Waals surface area contributed by atoms with Gasteiger partial charge in [-0.2, -0.15) is 0 Å². The number of rotatable bonds is 2. The van der Waals surface area contributed by atoms with Crippen molar-refractivity contribution in [1.29, 1.82) is 0 Å². The maximum atomic E-state index is 14.1. The highest BCUT2D eigenvalue weighted by Gasteiger charge is 2.48. The first-order valence-electron chi connectivity index (χ1n) is 6.51. The lowest BCUT2D eigenvalue weighted by atomic mass is 9.91. The van der Waals surface area contributed by atoms with Gasteiger partial charge in [-0.3, -0.25) is 15.1 Å². The monoisotopic (exact) mass is 310 g/mol. The molecular weight excluding hydrogens is 295 g/mol. The van der Waals surface area contributed by atoms with E-state index in [1.807, 2.05) is 0 Å². The van der Waals surface area contributed by atoms with Gasteiger partial charge < -0.3 is 11.1 Å². The van der Waals surface area contributed by atoms with Crippen LogP contribution < -0.4 is 11.1 Å². The Balaban J connectivity index is 2.03. The van der Waals surface area contributed by atoms with E-state index >= 15 is 0 Å². The van der Waals surface area contributed by atoms with Crippen LogP contribution in [-0.2, 0) is 5.54 Å². The van der Waals surface area contributed by atoms with Gasteiger partial charge in [-0.05, 0) is 13.0 Å². The fourth-order valence-corrected chi connectivity index (χ4v) is 3.94. The van der Waals surface area contributed by atoms with Crippen LogP contribution in [0.2, 0.25) is 0 Å². The molecule has 1 spiro atoms. The van der Waals surface area contributed by atoms with Gasteiger partial charge in [0.2, 0.25) is 0 Å². The van der Waals surface area contributed by atoms with Crippen molar-refractivity contribution in [1.82, 2.24) is 5.32 Å². The molecule has 0 saturated carbocycles. The molecule has 112 valence electrons. The minimum absolute atomic E-state index is 0.142. The number of halogens is 1. The van der Waals surface area contributed by atoms with Crippen LogP contribution in [0.25, 0.3) is 0 Å². The quantitative estimate of drug-likeness (QED) is 0.636. The molecule has 0 aromatic heterocycles. The third-order valence-corrected chi connectivity index (χ3v) is 5.78. The molecule has 8 heteroatoms. The molecule has 0 amide bonds. The third kappa shape index (κ3) is 2.18. The number of nitrogens with two attached hydrogens (primary N) is 1. The van der Waals surface area contributed by atoms with E-state index in [0.29, 0.717) is 11.6 Å². The minimum atomic E-state index is -0.883. The summed E-state index contributed by atoms with van der Waals surface area (Å²) >= 11 is 1.63. The molecule has 6 nitrogen and oxygen atoms in total. The average molecular weight is 310 g/mol. The Morgan fingerprint density at radius 1 is 1.52 bits per heavy atom. The molecule has 2 aliphatic rings. The summed E-state index contributed by atoms with van der Waals surface area (Å²) in [5, 5.41) is 14.0. The number of amidine groups is 1. The second kappa shape index (κ2) is 4.67. The number of nitro groups is 1. The summed E-state index contributed by atoms with van der Waals surface area (Å²) in [6.07, 6.45) is 0. The molecule has 1 atom stereocenters. The summed E-state index contributed by atoms with van der Waals surface area (Å²) in [6, 6.07) is 3.52. The van der Waals surface area contributed by atoms with Crippen molar-refractivity contribution < 1.29 is 9.31 Å². The Bertz CT molecular complexity index is 647. The van der Waals surface area contributed by atoms with Gasteiger partial charge in [0.25, 0.3) is 5.69 Å². The van der Waals surface area contributed by atoms with E-state index in [4.69, 9.17) is 5.73 Å². The van der Waals surface area contributed by atoms with Crippen molar-refractivity contribution >= 4 is 23.3 Å². The van der Waals surface area contributed by atoms with E-state index in [1.165, 1.54) is 6.07 Å². The second-order valence-corrected chi connectivity index (χ2v) is 6.94. The number of nitrogens with zero attached hydrogens (tertiary/aromatic N) is 2. The first-order chi connectivity index (χ1) is 9.86. The Kier molecular flexibility index (Phi) is 3.18. The Morgan fingerprint density at radius 3 is 2.76 bits per heavy atom. The van der Waals surface area contributed by atoms with Crippen LogP contribution in [0.1, 0.15) is 12.5 Å². The number of nitro benzene ring substituents is 1. The number of nitrogens with one attached hydrogen (secondary N) is 1. The highest BCUT2D eigenvalue weighted by molar-refractivity contribution is 8.01. The van der Waals surface area contributed by atoms with Crippen molar-refractivity contribution in [2.75, 3.05) is 18.8 Å².